The summed E-state index contributed by atoms with van der Waals surface area (Å²) < 4.78 is 0. The Bertz CT molecular complexity index is 3300. The Balaban J connectivity index is 0.885. The van der Waals surface area contributed by atoms with E-state index in [9.17, 15) is 0 Å². The first-order valence-corrected chi connectivity index (χ1v) is 20.1. The van der Waals surface area contributed by atoms with E-state index in [0.717, 1.165) is 0 Å². The minimum atomic E-state index is 1.22. The topological polar surface area (TPSA) is 0 Å². The maximum Gasteiger partial charge on any atom is -0.00992 e. The number of rotatable bonds is 6. The summed E-state index contributed by atoms with van der Waals surface area (Å²) >= 11 is 0. The summed E-state index contributed by atoms with van der Waals surface area (Å²) in [6.07, 6.45) is 0. The molecule has 11 aromatic rings. The van der Waals surface area contributed by atoms with Crippen molar-refractivity contribution in [2.24, 2.45) is 0 Å². The lowest BCUT2D eigenvalue weighted by Crippen LogP contribution is -1.88. The molecule has 0 heteroatoms. The standard InChI is InChI=1S/C58H38/c1-2-11-42(12-3-1)51-32-33-52(56-15-7-6-14-55(51)56)43-23-25-44(26-24-43)53-34-35-54(58-17-9-8-16-57(53)58)50-31-30-48-37-47(28-29-49(48)38-50)41-20-18-40(19-21-41)46-27-22-39-10-4-5-13-45(39)36-46/h1-38H. The number of hydrogen-bond acceptors (Lipinski definition) is 0. The average Bonchev–Trinajstić information content (AvgIpc) is 3.31. The van der Waals surface area contributed by atoms with E-state index in [2.05, 4.69) is 231 Å². The number of benzene rings is 11. The van der Waals surface area contributed by atoms with Crippen LogP contribution >= 0.6 is 0 Å². The van der Waals surface area contributed by atoms with E-state index >= 15 is 0 Å². The molecule has 0 N–H and O–H groups in total. The second-order valence-electron chi connectivity index (χ2n) is 15.3. The van der Waals surface area contributed by atoms with Crippen molar-refractivity contribution in [3.63, 3.8) is 0 Å². The monoisotopic (exact) mass is 734 g/mol. The second-order valence-corrected chi connectivity index (χ2v) is 15.3. The summed E-state index contributed by atoms with van der Waals surface area (Å²) in [4.78, 5) is 0. The van der Waals surface area contributed by atoms with E-state index in [4.69, 9.17) is 0 Å². The largest absolute Gasteiger partial charge is 0.0622 e. The van der Waals surface area contributed by atoms with Gasteiger partial charge in [0.15, 0.2) is 0 Å². The van der Waals surface area contributed by atoms with Gasteiger partial charge in [0.25, 0.3) is 0 Å². The molecule has 11 aromatic carbocycles. The Morgan fingerprint density at radius 1 is 0.155 bits per heavy atom. The molecule has 0 nitrogen and oxygen atoms in total. The minimum absolute atomic E-state index is 1.22. The average molecular weight is 735 g/mol. The van der Waals surface area contributed by atoms with Gasteiger partial charge in [0.1, 0.15) is 0 Å². The molecule has 0 spiro atoms. The molecule has 0 fully saturated rings. The third-order valence-corrected chi connectivity index (χ3v) is 11.9. The van der Waals surface area contributed by atoms with Crippen molar-refractivity contribution in [2.45, 2.75) is 0 Å². The van der Waals surface area contributed by atoms with Crippen molar-refractivity contribution in [1.29, 1.82) is 0 Å². The second kappa shape index (κ2) is 14.2. The maximum atomic E-state index is 2.34. The van der Waals surface area contributed by atoms with Gasteiger partial charge in [-0.05, 0) is 128 Å². The van der Waals surface area contributed by atoms with Crippen LogP contribution in [0.3, 0.4) is 0 Å². The first kappa shape index (κ1) is 33.8. The van der Waals surface area contributed by atoms with E-state index < -0.39 is 0 Å². The summed E-state index contributed by atoms with van der Waals surface area (Å²) in [6, 6.07) is 84.4. The van der Waals surface area contributed by atoms with Crippen LogP contribution < -0.4 is 0 Å². The van der Waals surface area contributed by atoms with Crippen LogP contribution in [0.4, 0.5) is 0 Å². The molecule has 0 radical (unpaired) electrons. The number of fused-ring (bicyclic) bond motifs is 4. The minimum Gasteiger partial charge on any atom is -0.0622 e. The lowest BCUT2D eigenvalue weighted by atomic mass is 9.89. The van der Waals surface area contributed by atoms with Crippen LogP contribution in [-0.4, -0.2) is 0 Å². The Morgan fingerprint density at radius 3 is 0.931 bits per heavy atom. The van der Waals surface area contributed by atoms with E-state index in [1.54, 1.807) is 0 Å². The van der Waals surface area contributed by atoms with E-state index in [-0.39, 0.29) is 0 Å². The summed E-state index contributed by atoms with van der Waals surface area (Å²) in [5.74, 6) is 0. The van der Waals surface area contributed by atoms with E-state index in [0.29, 0.717) is 0 Å². The highest BCUT2D eigenvalue weighted by atomic mass is 14.2. The Hall–Kier alpha value is -7.54. The van der Waals surface area contributed by atoms with Crippen LogP contribution in [0, 0.1) is 0 Å². The highest BCUT2D eigenvalue weighted by Gasteiger charge is 2.13. The fourth-order valence-electron chi connectivity index (χ4n) is 8.87. The van der Waals surface area contributed by atoms with Crippen LogP contribution in [0.25, 0.3) is 110 Å². The highest BCUT2D eigenvalue weighted by Crippen LogP contribution is 2.40. The molecule has 270 valence electrons. The molecule has 0 unspecified atom stereocenters. The molecular weight excluding hydrogens is 697 g/mol. The normalized spacial score (nSPS) is 11.4. The van der Waals surface area contributed by atoms with Gasteiger partial charge in [0.2, 0.25) is 0 Å². The molecule has 0 aliphatic carbocycles. The van der Waals surface area contributed by atoms with Crippen LogP contribution in [0.5, 0.6) is 0 Å². The summed E-state index contributed by atoms with van der Waals surface area (Å²) in [7, 11) is 0. The molecule has 0 aliphatic rings. The highest BCUT2D eigenvalue weighted by molar-refractivity contribution is 6.07. The van der Waals surface area contributed by atoms with E-state index in [1.165, 1.54) is 110 Å². The zero-order valence-electron chi connectivity index (χ0n) is 31.9. The third-order valence-electron chi connectivity index (χ3n) is 11.9. The molecule has 0 saturated heterocycles. The Kier molecular flexibility index (Phi) is 8.26. The van der Waals surface area contributed by atoms with Gasteiger partial charge in [0, 0.05) is 0 Å². The van der Waals surface area contributed by atoms with Crippen molar-refractivity contribution in [1.82, 2.24) is 0 Å². The molecule has 0 atom stereocenters. The fraction of sp³-hybridized carbons (Fsp3) is 0. The first-order valence-electron chi connectivity index (χ1n) is 20.1. The van der Waals surface area contributed by atoms with Gasteiger partial charge in [0.05, 0.1) is 0 Å². The molecule has 0 heterocycles. The molecule has 0 amide bonds. The SMILES string of the molecule is c1ccc(-c2ccc(-c3ccc(-c4ccc(-c5ccc6cc(-c7ccc(-c8ccc9ccccc9c8)cc7)ccc6c5)c5ccccc45)cc3)c3ccccc23)cc1. The van der Waals surface area contributed by atoms with Crippen LogP contribution in [0.2, 0.25) is 0 Å². The molecule has 0 saturated carbocycles. The van der Waals surface area contributed by atoms with Gasteiger partial charge >= 0.3 is 0 Å². The Morgan fingerprint density at radius 2 is 0.448 bits per heavy atom. The van der Waals surface area contributed by atoms with Crippen molar-refractivity contribution in [3.8, 4) is 66.8 Å². The lowest BCUT2D eigenvalue weighted by molar-refractivity contribution is 1.60. The molecular formula is C58H38. The van der Waals surface area contributed by atoms with Crippen LogP contribution in [0.15, 0.2) is 231 Å². The predicted molar refractivity (Wildman–Crippen MR) is 249 cm³/mol. The molecule has 0 aliphatic heterocycles. The van der Waals surface area contributed by atoms with Gasteiger partial charge in [-0.1, -0.05) is 212 Å². The van der Waals surface area contributed by atoms with Crippen LogP contribution in [0.1, 0.15) is 0 Å². The Labute approximate surface area is 339 Å². The maximum absolute atomic E-state index is 2.34. The zero-order chi connectivity index (χ0) is 38.4. The predicted octanol–water partition coefficient (Wildman–Crippen LogP) is 16.3. The van der Waals surface area contributed by atoms with Gasteiger partial charge in [-0.3, -0.25) is 0 Å². The molecule has 0 aromatic heterocycles. The van der Waals surface area contributed by atoms with Gasteiger partial charge in [-0.15, -0.1) is 0 Å². The quantitative estimate of drug-likeness (QED) is 0.160. The van der Waals surface area contributed by atoms with Gasteiger partial charge in [-0.2, -0.15) is 0 Å². The third kappa shape index (κ3) is 6.04. The summed E-state index contributed by atoms with van der Waals surface area (Å²) in [5, 5.41) is 10.1. The zero-order valence-corrected chi connectivity index (χ0v) is 31.9. The fourth-order valence-corrected chi connectivity index (χ4v) is 8.87. The number of hydrogen-bond donors (Lipinski definition) is 0. The molecule has 0 bridgehead atoms. The van der Waals surface area contributed by atoms with Gasteiger partial charge < -0.3 is 0 Å². The van der Waals surface area contributed by atoms with Crippen molar-refractivity contribution in [3.05, 3.63) is 231 Å². The molecule has 11 rings (SSSR count). The van der Waals surface area contributed by atoms with Gasteiger partial charge in [-0.25, -0.2) is 0 Å². The lowest BCUT2D eigenvalue weighted by Gasteiger charge is -2.15. The van der Waals surface area contributed by atoms with Crippen LogP contribution in [-0.2, 0) is 0 Å². The summed E-state index contributed by atoms with van der Waals surface area (Å²) in [6.45, 7) is 0. The molecule has 58 heavy (non-hydrogen) atoms. The summed E-state index contributed by atoms with van der Waals surface area (Å²) in [5.41, 5.74) is 14.8. The van der Waals surface area contributed by atoms with Crippen molar-refractivity contribution < 1.29 is 0 Å². The smallest absolute Gasteiger partial charge is 0.00992 e. The first-order chi connectivity index (χ1) is 28.7. The van der Waals surface area contributed by atoms with E-state index in [1.807, 2.05) is 0 Å². The van der Waals surface area contributed by atoms with Crippen molar-refractivity contribution >= 4 is 43.1 Å². The van der Waals surface area contributed by atoms with Crippen molar-refractivity contribution in [2.75, 3.05) is 0 Å².